The van der Waals surface area contributed by atoms with Crippen molar-refractivity contribution in [2.45, 2.75) is 77.5 Å². The maximum absolute atomic E-state index is 13.9. The summed E-state index contributed by atoms with van der Waals surface area (Å²) in [6.45, 7) is 8.05. The van der Waals surface area contributed by atoms with Gasteiger partial charge in [-0.15, -0.1) is 0 Å². The summed E-state index contributed by atoms with van der Waals surface area (Å²) in [5, 5.41) is 17.9. The number of aliphatic hydroxyl groups excluding tert-OH is 1. The lowest BCUT2D eigenvalue weighted by molar-refractivity contribution is -0.141. The number of hydrogen-bond acceptors (Lipinski definition) is 8. The van der Waals surface area contributed by atoms with Gasteiger partial charge in [0.15, 0.2) is 0 Å². The van der Waals surface area contributed by atoms with E-state index in [1.807, 2.05) is 50.2 Å². The average Bonchev–Trinajstić information content (AvgIpc) is 3.07. The molecule has 48 heavy (non-hydrogen) atoms. The molecule has 4 N–H and O–H groups in total. The quantitative estimate of drug-likeness (QED) is 0.302. The van der Waals surface area contributed by atoms with E-state index in [9.17, 15) is 19.2 Å². The van der Waals surface area contributed by atoms with Crippen LogP contribution in [0.2, 0.25) is 0 Å². The van der Waals surface area contributed by atoms with E-state index >= 15 is 0 Å². The molecular weight excluding hydrogens is 614 g/mol. The van der Waals surface area contributed by atoms with Crippen molar-refractivity contribution in [1.29, 1.82) is 0 Å². The van der Waals surface area contributed by atoms with Gasteiger partial charge in [0.2, 0.25) is 23.6 Å². The molecule has 0 saturated carbocycles. The van der Waals surface area contributed by atoms with Crippen molar-refractivity contribution in [3.05, 3.63) is 59.7 Å². The third-order valence-electron chi connectivity index (χ3n) is 8.37. The van der Waals surface area contributed by atoms with Crippen LogP contribution >= 0.6 is 0 Å². The fraction of sp³-hybridized carbons (Fsp3) is 0.556. The normalized spacial score (nSPS) is 21.1. The first-order chi connectivity index (χ1) is 23.0. The molecule has 1 aliphatic heterocycles. The van der Waals surface area contributed by atoms with Gasteiger partial charge in [-0.25, -0.2) is 0 Å². The molecule has 12 heteroatoms. The maximum Gasteiger partial charge on any atom is 0.245 e. The number of methoxy groups -OCH3 is 1. The first-order valence-corrected chi connectivity index (χ1v) is 16.8. The zero-order valence-electron chi connectivity index (χ0n) is 29.0. The number of hydrogen-bond donors (Lipinski definition) is 4. The minimum absolute atomic E-state index is 0.0728. The number of benzene rings is 2. The van der Waals surface area contributed by atoms with E-state index < -0.39 is 29.9 Å². The summed E-state index contributed by atoms with van der Waals surface area (Å²) in [7, 11) is 3.13. The Morgan fingerprint density at radius 3 is 2.33 bits per heavy atom. The van der Waals surface area contributed by atoms with Crippen molar-refractivity contribution in [2.75, 3.05) is 47.0 Å². The molecular formula is C36H53N5O7. The smallest absolute Gasteiger partial charge is 0.245 e. The van der Waals surface area contributed by atoms with Gasteiger partial charge in [0.05, 0.1) is 13.7 Å². The predicted octanol–water partition coefficient (Wildman–Crippen LogP) is 2.27. The summed E-state index contributed by atoms with van der Waals surface area (Å²) in [6, 6.07) is 12.3. The Kier molecular flexibility index (Phi) is 15.6. The van der Waals surface area contributed by atoms with E-state index in [0.29, 0.717) is 56.9 Å². The molecule has 3 atom stereocenters. The third kappa shape index (κ3) is 12.5. The molecule has 0 bridgehead atoms. The van der Waals surface area contributed by atoms with E-state index in [1.165, 1.54) is 4.90 Å². The van der Waals surface area contributed by atoms with Crippen LogP contribution in [0.5, 0.6) is 11.5 Å². The molecule has 1 saturated heterocycles. The lowest BCUT2D eigenvalue weighted by Gasteiger charge is -2.30. The monoisotopic (exact) mass is 667 g/mol. The molecule has 2 aromatic carbocycles. The molecule has 4 amide bonds. The van der Waals surface area contributed by atoms with Gasteiger partial charge in [0.1, 0.15) is 36.2 Å². The van der Waals surface area contributed by atoms with Gasteiger partial charge < -0.3 is 35.4 Å². The lowest BCUT2D eigenvalue weighted by Crippen LogP contribution is -2.57. The molecule has 0 radical (unpaired) electrons. The number of nitrogens with zero attached hydrogens (tertiary/aromatic N) is 2. The molecule has 12 nitrogen and oxygen atoms in total. The summed E-state index contributed by atoms with van der Waals surface area (Å²) in [4.78, 5) is 57.5. The summed E-state index contributed by atoms with van der Waals surface area (Å²) in [5.74, 6) is 0.0760. The van der Waals surface area contributed by atoms with Crippen LogP contribution in [-0.4, -0.2) is 104 Å². The number of amides is 4. The van der Waals surface area contributed by atoms with Crippen LogP contribution in [0.15, 0.2) is 48.5 Å². The number of rotatable bonds is 10. The van der Waals surface area contributed by atoms with Crippen molar-refractivity contribution in [3.63, 3.8) is 0 Å². The minimum atomic E-state index is -0.960. The van der Waals surface area contributed by atoms with E-state index in [2.05, 4.69) is 20.9 Å². The number of carbonyl (C=O) groups excluding carboxylic acids is 4. The van der Waals surface area contributed by atoms with Crippen molar-refractivity contribution < 1.29 is 33.8 Å². The number of likely N-dealkylation sites (N-methyl/N-ethyl adjacent to an activating group) is 1. The van der Waals surface area contributed by atoms with Crippen molar-refractivity contribution in [2.24, 2.45) is 5.92 Å². The Labute approximate surface area is 284 Å². The second kappa shape index (κ2) is 19.6. The first-order valence-electron chi connectivity index (χ1n) is 16.8. The Bertz CT molecular complexity index is 1340. The molecule has 1 heterocycles. The topological polar surface area (TPSA) is 150 Å². The second-order valence-corrected chi connectivity index (χ2v) is 12.7. The molecule has 0 aromatic heterocycles. The Hall–Kier alpha value is -4.16. The molecule has 264 valence electrons. The SMILES string of the molecule is COc1ccc(C[C@@H]2NC(=O)[C@@H](CC(C)C)NC(=O)CCCN(Cc3cccc(OCCO)c3)CCCNC(=O)[C@H](C)N(C)C2=O)cc1. The van der Waals surface area contributed by atoms with E-state index in [4.69, 9.17) is 14.6 Å². The highest BCUT2D eigenvalue weighted by atomic mass is 16.5. The van der Waals surface area contributed by atoms with Gasteiger partial charge in [-0.2, -0.15) is 0 Å². The highest BCUT2D eigenvalue weighted by Gasteiger charge is 2.32. The standard InChI is InChI=1S/C36H53N5O7/c1-25(2)21-31-35(45)39-32(23-27-12-14-29(47-5)15-13-27)36(46)40(4)26(3)34(44)37-16-8-18-41(17-7-11-33(43)38-31)24-28-9-6-10-30(22-28)48-20-19-42/h6,9-10,12-15,22,25-26,31-32,42H,7-8,11,16-21,23-24H2,1-5H3,(H,37,44)(H,38,43)(H,39,45)/t26-,31+,32-/m0/s1. The highest BCUT2D eigenvalue weighted by molar-refractivity contribution is 5.94. The third-order valence-corrected chi connectivity index (χ3v) is 8.37. The second-order valence-electron chi connectivity index (χ2n) is 12.7. The van der Waals surface area contributed by atoms with E-state index in [-0.39, 0.29) is 43.8 Å². The van der Waals surface area contributed by atoms with Gasteiger partial charge >= 0.3 is 0 Å². The summed E-state index contributed by atoms with van der Waals surface area (Å²) in [6.07, 6.45) is 2.05. The Morgan fingerprint density at radius 2 is 1.65 bits per heavy atom. The van der Waals surface area contributed by atoms with E-state index in [0.717, 1.165) is 11.1 Å². The molecule has 2 aromatic rings. The predicted molar refractivity (Wildman–Crippen MR) is 183 cm³/mol. The van der Waals surface area contributed by atoms with Crippen LogP contribution in [0.25, 0.3) is 0 Å². The molecule has 0 aliphatic carbocycles. The number of aliphatic hydroxyl groups is 1. The molecule has 3 rings (SSSR count). The Morgan fingerprint density at radius 1 is 0.917 bits per heavy atom. The number of ether oxygens (including phenoxy) is 2. The van der Waals surface area contributed by atoms with Crippen LogP contribution in [0, 0.1) is 5.92 Å². The molecule has 0 unspecified atom stereocenters. The van der Waals surface area contributed by atoms with Crippen LogP contribution in [-0.2, 0) is 32.1 Å². The van der Waals surface area contributed by atoms with Gasteiger partial charge in [-0.05, 0) is 74.0 Å². The summed E-state index contributed by atoms with van der Waals surface area (Å²) >= 11 is 0. The minimum Gasteiger partial charge on any atom is -0.497 e. The number of carbonyl (C=O) groups is 4. The van der Waals surface area contributed by atoms with Gasteiger partial charge in [-0.3, -0.25) is 24.1 Å². The van der Waals surface area contributed by atoms with E-state index in [1.54, 1.807) is 33.2 Å². The zero-order chi connectivity index (χ0) is 35.1. The van der Waals surface area contributed by atoms with Crippen LogP contribution < -0.4 is 25.4 Å². The lowest BCUT2D eigenvalue weighted by atomic mass is 10.00. The van der Waals surface area contributed by atoms with Gasteiger partial charge in [-0.1, -0.05) is 38.1 Å². The fourth-order valence-electron chi connectivity index (χ4n) is 5.60. The first kappa shape index (κ1) is 38.3. The van der Waals surface area contributed by atoms with Crippen LogP contribution in [0.4, 0.5) is 0 Å². The molecule has 1 fully saturated rings. The Balaban J connectivity index is 1.82. The molecule has 1 aliphatic rings. The van der Waals surface area contributed by atoms with Crippen LogP contribution in [0.1, 0.15) is 57.6 Å². The number of nitrogens with one attached hydrogen (secondary N) is 3. The summed E-state index contributed by atoms with van der Waals surface area (Å²) < 4.78 is 10.8. The van der Waals surface area contributed by atoms with Gasteiger partial charge in [0.25, 0.3) is 0 Å². The van der Waals surface area contributed by atoms with Crippen LogP contribution in [0.3, 0.4) is 0 Å². The molecule has 0 spiro atoms. The van der Waals surface area contributed by atoms with Crippen molar-refractivity contribution in [1.82, 2.24) is 25.8 Å². The fourth-order valence-corrected chi connectivity index (χ4v) is 5.60. The van der Waals surface area contributed by atoms with Gasteiger partial charge in [0, 0.05) is 39.5 Å². The van der Waals surface area contributed by atoms with Crippen molar-refractivity contribution >= 4 is 23.6 Å². The largest absolute Gasteiger partial charge is 0.497 e. The van der Waals surface area contributed by atoms with Crippen molar-refractivity contribution in [3.8, 4) is 11.5 Å². The summed E-state index contributed by atoms with van der Waals surface area (Å²) in [5.41, 5.74) is 1.83. The highest BCUT2D eigenvalue weighted by Crippen LogP contribution is 2.17. The maximum atomic E-state index is 13.9. The average molecular weight is 668 g/mol. The zero-order valence-corrected chi connectivity index (χ0v) is 29.0.